The molecule has 1 saturated heterocycles. The van der Waals surface area contributed by atoms with Gasteiger partial charge >= 0.3 is 18.0 Å². The minimum absolute atomic E-state index is 0. The summed E-state index contributed by atoms with van der Waals surface area (Å²) in [5.41, 5.74) is -6.80. The maximum atomic E-state index is 14.6. The van der Waals surface area contributed by atoms with Crippen LogP contribution < -0.4 is 5.32 Å². The molecule has 2 saturated carbocycles. The number of hydrogen-bond donors (Lipinski definition) is 6. The third-order valence-corrected chi connectivity index (χ3v) is 11.5. The second-order valence-electron chi connectivity index (χ2n) is 15.1. The number of alkyl carbamates (subject to hydrolysis) is 1. The largest absolute Gasteiger partial charge is 0.456 e. The van der Waals surface area contributed by atoms with Gasteiger partial charge in [0.05, 0.1) is 42.4 Å². The van der Waals surface area contributed by atoms with E-state index in [4.69, 9.17) is 18.9 Å². The maximum Gasteiger partial charge on any atom is 0.407 e. The number of fused-ring (bicyclic) bond motifs is 5. The van der Waals surface area contributed by atoms with Crippen molar-refractivity contribution >= 4 is 23.8 Å². The number of aliphatic hydroxyl groups is 5. The van der Waals surface area contributed by atoms with Gasteiger partial charge in [-0.25, -0.2) is 14.4 Å². The fourth-order valence-electron chi connectivity index (χ4n) is 8.61. The van der Waals surface area contributed by atoms with Gasteiger partial charge in [-0.15, -0.1) is 0 Å². The minimum atomic E-state index is -2.29. The van der Waals surface area contributed by atoms with Crippen LogP contribution in [0.25, 0.3) is 0 Å². The SMILES string of the molecule is CCOC(=O)N[C@@H](C=C(C)C)[C@@H](O)C(=O)O[C@H]1C[C@@]2(O)[C@@H](OC(=O)c3ccccc3)[C@@H]3[C@]4(O)CO[C@@H]4C[C@H](O)[C@@]3(C)C(=O)[C@H](O)C(=C1C)C2(C)C.[Ac].[Ac]. The smallest absolute Gasteiger partial charge is 0.407 e. The quantitative estimate of drug-likeness (QED) is 0.124. The normalized spacial score (nSPS) is 35.1. The van der Waals surface area contributed by atoms with E-state index in [2.05, 4.69) is 5.32 Å². The number of benzene rings is 1. The number of carbonyl (C=O) groups excluding carboxylic acids is 4. The Morgan fingerprint density at radius 3 is 2.23 bits per heavy atom. The summed E-state index contributed by atoms with van der Waals surface area (Å²) in [6, 6.07) is 6.61. The number of ketones is 1. The third kappa shape index (κ3) is 8.04. The van der Waals surface area contributed by atoms with Gasteiger partial charge in [0.2, 0.25) is 0 Å². The Hall–Kier alpha value is -0.777. The molecule has 1 heterocycles. The Balaban J connectivity index is 0.00000378. The summed E-state index contributed by atoms with van der Waals surface area (Å²) in [5.74, 6) is -4.50. The molecule has 0 spiro atoms. The van der Waals surface area contributed by atoms with Crippen molar-refractivity contribution in [3.8, 4) is 0 Å². The first-order valence-corrected chi connectivity index (χ1v) is 17.2. The molecule has 11 atom stereocenters. The summed E-state index contributed by atoms with van der Waals surface area (Å²) in [6.45, 7) is 10.7. The van der Waals surface area contributed by atoms with Crippen molar-refractivity contribution < 1.29 is 152 Å². The molecule has 4 aliphatic rings. The molecule has 3 aliphatic carbocycles. The van der Waals surface area contributed by atoms with Gasteiger partial charge in [0, 0.05) is 112 Å². The van der Waals surface area contributed by atoms with Crippen molar-refractivity contribution in [1.82, 2.24) is 5.32 Å². The first-order valence-electron chi connectivity index (χ1n) is 17.2. The molecule has 1 aromatic carbocycles. The van der Waals surface area contributed by atoms with E-state index in [0.717, 1.165) is 0 Å². The molecule has 1 aliphatic heterocycles. The van der Waals surface area contributed by atoms with Gasteiger partial charge in [0.15, 0.2) is 11.9 Å². The monoisotopic (exact) mass is 1170 g/mol. The van der Waals surface area contributed by atoms with E-state index in [9.17, 15) is 44.7 Å². The summed E-state index contributed by atoms with van der Waals surface area (Å²) < 4.78 is 22.5. The number of hydrogen-bond acceptors (Lipinski definition) is 13. The molecule has 1 aromatic rings. The van der Waals surface area contributed by atoms with Crippen molar-refractivity contribution in [2.24, 2.45) is 16.7 Å². The number of allylic oxidation sites excluding steroid dienone is 1. The molecule has 0 unspecified atom stereocenters. The van der Waals surface area contributed by atoms with Crippen LogP contribution in [-0.4, -0.2) is 116 Å². The topological polar surface area (TPSA) is 218 Å². The van der Waals surface area contributed by atoms with E-state index in [0.29, 0.717) is 5.57 Å². The van der Waals surface area contributed by atoms with Gasteiger partial charge < -0.3 is 49.8 Å². The molecule has 2 radical (unpaired) electrons. The van der Waals surface area contributed by atoms with Gasteiger partial charge in [-0.1, -0.05) is 43.7 Å². The van der Waals surface area contributed by atoms with E-state index in [1.54, 1.807) is 52.8 Å². The zero-order chi connectivity index (χ0) is 37.8. The average molecular weight is 1170 g/mol. The van der Waals surface area contributed by atoms with Crippen LogP contribution in [0.4, 0.5) is 4.79 Å². The molecule has 286 valence electrons. The van der Waals surface area contributed by atoms with Gasteiger partial charge in [0.1, 0.15) is 29.5 Å². The summed E-state index contributed by atoms with van der Waals surface area (Å²) in [6.07, 6.45) is -9.64. The molecule has 0 aromatic heterocycles. The van der Waals surface area contributed by atoms with E-state index in [1.165, 1.54) is 32.1 Å². The Morgan fingerprint density at radius 1 is 1.06 bits per heavy atom. The van der Waals surface area contributed by atoms with Crippen molar-refractivity contribution in [2.75, 3.05) is 13.2 Å². The molecule has 16 heteroatoms. The van der Waals surface area contributed by atoms with E-state index < -0.39 is 101 Å². The number of Topliss-reactive ketones (excluding diaryl/α,β-unsaturated/α-hetero) is 1. The molecule has 5 rings (SSSR count). The molecule has 53 heavy (non-hydrogen) atoms. The van der Waals surface area contributed by atoms with E-state index in [1.807, 2.05) is 0 Å². The van der Waals surface area contributed by atoms with Crippen LogP contribution in [-0.2, 0) is 28.5 Å². The Kier molecular flexibility index (Phi) is 15.3. The first-order chi connectivity index (χ1) is 23.7. The van der Waals surface area contributed by atoms with Crippen LogP contribution >= 0.6 is 0 Å². The molecular weight excluding hydrogens is 1120 g/mol. The molecule has 14 nitrogen and oxygen atoms in total. The molecular formula is C37H49Ac2NO13. The summed E-state index contributed by atoms with van der Waals surface area (Å²) in [4.78, 5) is 54.3. The van der Waals surface area contributed by atoms with Crippen LogP contribution in [0.5, 0.6) is 0 Å². The summed E-state index contributed by atoms with van der Waals surface area (Å²) in [7, 11) is 0. The zero-order valence-electron chi connectivity index (χ0n) is 31.1. The minimum Gasteiger partial charge on any atom is -0.456 e. The number of nitrogens with one attached hydrogen (secondary N) is 1. The predicted octanol–water partition coefficient (Wildman–Crippen LogP) is 1.50. The molecule has 6 N–H and O–H groups in total. The zero-order valence-corrected chi connectivity index (χ0v) is 40.6. The molecule has 1 amide bonds. The van der Waals surface area contributed by atoms with Crippen LogP contribution in [0, 0.1) is 105 Å². The van der Waals surface area contributed by atoms with Crippen molar-refractivity contribution in [1.29, 1.82) is 0 Å². The number of esters is 2. The third-order valence-electron chi connectivity index (χ3n) is 11.5. The Labute approximate surface area is 380 Å². The Morgan fingerprint density at radius 2 is 1.68 bits per heavy atom. The van der Waals surface area contributed by atoms with Crippen LogP contribution in [0.3, 0.4) is 0 Å². The maximum absolute atomic E-state index is 14.6. The predicted molar refractivity (Wildman–Crippen MR) is 179 cm³/mol. The first kappa shape index (κ1) is 46.6. The second kappa shape index (κ2) is 17.4. The van der Waals surface area contributed by atoms with E-state index >= 15 is 0 Å². The number of amides is 1. The molecule has 2 bridgehead atoms. The standard InChI is InChI=1S/C37H49NO13.2Ac/c1-8-48-33(45)38-21(14-18(2)3)26(40)32(44)50-22-16-37(47)30(51-31(43)20-12-10-9-11-13-20)28-35(7,23(39)15-24-36(28,46)17-49-24)29(42)27(41)25(19(22)4)34(37,5)6;;/h9-14,21-24,26-28,30,39-41,46-47H,8,15-17H2,1-7H3,(H,38,45);;/t21-,22-,23-,24+,26+,27+,28-,30-,35+,36-,37+;;/m0../s1. The molecule has 3 fully saturated rings. The number of rotatable bonds is 8. The van der Waals surface area contributed by atoms with Crippen LogP contribution in [0.1, 0.15) is 71.7 Å². The number of aliphatic hydroxyl groups excluding tert-OH is 3. The summed E-state index contributed by atoms with van der Waals surface area (Å²) >= 11 is 0. The number of ether oxygens (including phenoxy) is 4. The second-order valence-corrected chi connectivity index (χ2v) is 15.1. The van der Waals surface area contributed by atoms with Gasteiger partial charge in [-0.2, -0.15) is 0 Å². The van der Waals surface area contributed by atoms with Crippen LogP contribution in [0.2, 0.25) is 0 Å². The Bertz CT molecular complexity index is 1630. The summed E-state index contributed by atoms with van der Waals surface area (Å²) in [5, 5.41) is 62.3. The number of carbonyl (C=O) groups is 4. The fraction of sp³-hybridized carbons (Fsp3) is 0.622. The van der Waals surface area contributed by atoms with Gasteiger partial charge in [-0.3, -0.25) is 4.79 Å². The van der Waals surface area contributed by atoms with Gasteiger partial charge in [-0.05, 0) is 57.9 Å². The fourth-order valence-corrected chi connectivity index (χ4v) is 8.61. The van der Waals surface area contributed by atoms with Gasteiger partial charge in [0.25, 0.3) is 0 Å². The van der Waals surface area contributed by atoms with Crippen molar-refractivity contribution in [3.63, 3.8) is 0 Å². The van der Waals surface area contributed by atoms with Crippen LogP contribution in [0.15, 0.2) is 53.1 Å². The average Bonchev–Trinajstić information content (AvgIpc) is 3.06. The van der Waals surface area contributed by atoms with Crippen molar-refractivity contribution in [3.05, 3.63) is 58.7 Å². The van der Waals surface area contributed by atoms with Crippen molar-refractivity contribution in [2.45, 2.75) is 115 Å². The van der Waals surface area contributed by atoms with E-state index in [-0.39, 0.29) is 124 Å².